The van der Waals surface area contributed by atoms with E-state index >= 15 is 0 Å². The summed E-state index contributed by atoms with van der Waals surface area (Å²) in [7, 11) is 0. The first kappa shape index (κ1) is 18.8. The van der Waals surface area contributed by atoms with Crippen LogP contribution in [-0.2, 0) is 11.3 Å². The summed E-state index contributed by atoms with van der Waals surface area (Å²) in [6, 6.07) is 8.60. The summed E-state index contributed by atoms with van der Waals surface area (Å²) in [5.41, 5.74) is 2.11. The molecule has 122 valence electrons. The summed E-state index contributed by atoms with van der Waals surface area (Å²) in [4.78, 5) is 22.4. The number of hydrogen-bond donors (Lipinski definition) is 1. The first-order chi connectivity index (χ1) is 10.5. The molecule has 0 bridgehead atoms. The van der Waals surface area contributed by atoms with Gasteiger partial charge in [-0.3, -0.25) is 14.9 Å². The van der Waals surface area contributed by atoms with Gasteiger partial charge in [-0.25, -0.2) is 4.57 Å². The van der Waals surface area contributed by atoms with E-state index in [-0.39, 0.29) is 28.6 Å². The van der Waals surface area contributed by atoms with Crippen LogP contribution in [0.25, 0.3) is 0 Å². The molecule has 0 saturated heterocycles. The van der Waals surface area contributed by atoms with Gasteiger partial charge in [0.15, 0.2) is 18.9 Å². The molecule has 0 aliphatic heterocycles. The maximum absolute atomic E-state index is 12.0. The average Bonchev–Trinajstić information content (AvgIpc) is 2.48. The Morgan fingerprint density at radius 2 is 1.87 bits per heavy atom. The molecular weight excluding hydrogens is 362 g/mol. The Morgan fingerprint density at radius 1 is 1.22 bits per heavy atom. The number of nitro benzene ring substituents is 1. The van der Waals surface area contributed by atoms with E-state index in [4.69, 9.17) is 0 Å². The molecule has 0 spiro atoms. The molecule has 23 heavy (non-hydrogen) atoms. The van der Waals surface area contributed by atoms with E-state index in [1.807, 2.05) is 36.0 Å². The molecule has 1 amide bonds. The van der Waals surface area contributed by atoms with Crippen molar-refractivity contribution >= 4 is 17.3 Å². The Balaban J connectivity index is 0.00000264. The van der Waals surface area contributed by atoms with Crippen molar-refractivity contribution in [3.05, 3.63) is 64.0 Å². The Bertz CT molecular complexity index is 702. The lowest BCUT2D eigenvalue weighted by Crippen LogP contribution is -3.00. The largest absolute Gasteiger partial charge is 1.00 e. The number of aryl methyl sites for hydroxylation is 2. The fourth-order valence-electron chi connectivity index (χ4n) is 2.08. The van der Waals surface area contributed by atoms with Crippen LogP contribution in [-0.4, -0.2) is 10.8 Å². The number of hydrogen-bond acceptors (Lipinski definition) is 3. The van der Waals surface area contributed by atoms with Gasteiger partial charge in [0.05, 0.1) is 22.6 Å². The molecule has 1 heterocycles. The molecule has 1 aromatic heterocycles. The number of pyridine rings is 1. The standard InChI is InChI=1S/C16H17N3O3.BrH/c1-12-6-9-18(10-7-12)11-8-16(20)17-14-4-3-5-15(13(14)2)19(21)22;/h3-7,9-10H,8,11H2,1-2H3;1H. The van der Waals surface area contributed by atoms with Gasteiger partial charge in [0.25, 0.3) is 5.69 Å². The van der Waals surface area contributed by atoms with E-state index in [1.54, 1.807) is 19.1 Å². The molecule has 7 heteroatoms. The van der Waals surface area contributed by atoms with Crippen molar-refractivity contribution in [2.45, 2.75) is 26.8 Å². The molecule has 0 radical (unpaired) electrons. The molecule has 6 nitrogen and oxygen atoms in total. The first-order valence-corrected chi connectivity index (χ1v) is 6.97. The number of carbonyl (C=O) groups is 1. The summed E-state index contributed by atoms with van der Waals surface area (Å²) in [5.74, 6) is -0.170. The van der Waals surface area contributed by atoms with Crippen LogP contribution in [0.4, 0.5) is 11.4 Å². The number of aromatic nitrogens is 1. The number of benzene rings is 1. The zero-order chi connectivity index (χ0) is 16.1. The van der Waals surface area contributed by atoms with Gasteiger partial charge in [0.2, 0.25) is 5.91 Å². The van der Waals surface area contributed by atoms with Crippen molar-refractivity contribution in [1.29, 1.82) is 0 Å². The molecule has 2 aromatic rings. The van der Waals surface area contributed by atoms with Gasteiger partial charge in [-0.2, -0.15) is 0 Å². The lowest BCUT2D eigenvalue weighted by atomic mass is 10.1. The summed E-state index contributed by atoms with van der Waals surface area (Å²) < 4.78 is 1.92. The third-order valence-corrected chi connectivity index (χ3v) is 3.43. The van der Waals surface area contributed by atoms with Crippen LogP contribution >= 0.6 is 0 Å². The smallest absolute Gasteiger partial charge is 0.274 e. The highest BCUT2D eigenvalue weighted by Gasteiger charge is 2.15. The van der Waals surface area contributed by atoms with E-state index in [2.05, 4.69) is 5.32 Å². The lowest BCUT2D eigenvalue weighted by molar-refractivity contribution is -0.695. The quantitative estimate of drug-likeness (QED) is 0.433. The Hall–Kier alpha value is -2.28. The number of halogens is 1. The Labute approximate surface area is 145 Å². The van der Waals surface area contributed by atoms with Crippen molar-refractivity contribution < 1.29 is 31.3 Å². The van der Waals surface area contributed by atoms with Gasteiger partial charge in [-0.15, -0.1) is 0 Å². The van der Waals surface area contributed by atoms with Crippen LogP contribution in [0.1, 0.15) is 17.5 Å². The minimum Gasteiger partial charge on any atom is -1.00 e. The molecule has 0 saturated carbocycles. The monoisotopic (exact) mass is 379 g/mol. The zero-order valence-electron chi connectivity index (χ0n) is 13.0. The topological polar surface area (TPSA) is 76.1 Å². The van der Waals surface area contributed by atoms with Crippen LogP contribution in [0.5, 0.6) is 0 Å². The Morgan fingerprint density at radius 3 is 2.48 bits per heavy atom. The van der Waals surface area contributed by atoms with Crippen LogP contribution in [0.2, 0.25) is 0 Å². The summed E-state index contributed by atoms with van der Waals surface area (Å²) in [6.45, 7) is 4.19. The third kappa shape index (κ3) is 5.14. The second-order valence-electron chi connectivity index (χ2n) is 5.12. The highest BCUT2D eigenvalue weighted by molar-refractivity contribution is 5.91. The van der Waals surface area contributed by atoms with Crippen LogP contribution in [0.3, 0.4) is 0 Å². The van der Waals surface area contributed by atoms with Gasteiger partial charge in [0, 0.05) is 18.2 Å². The molecule has 0 atom stereocenters. The van der Waals surface area contributed by atoms with Crippen molar-refractivity contribution in [2.24, 2.45) is 0 Å². The summed E-state index contributed by atoms with van der Waals surface area (Å²) in [5, 5.41) is 13.6. The molecule has 2 rings (SSSR count). The summed E-state index contributed by atoms with van der Waals surface area (Å²) >= 11 is 0. The van der Waals surface area contributed by atoms with Gasteiger partial charge in [-0.05, 0) is 25.5 Å². The lowest BCUT2D eigenvalue weighted by Gasteiger charge is -2.07. The highest BCUT2D eigenvalue weighted by atomic mass is 79.9. The normalized spacial score (nSPS) is 9.83. The van der Waals surface area contributed by atoms with Crippen molar-refractivity contribution in [3.63, 3.8) is 0 Å². The Kier molecular flexibility index (Phi) is 6.84. The second-order valence-corrected chi connectivity index (χ2v) is 5.12. The van der Waals surface area contributed by atoms with Crippen molar-refractivity contribution in [1.82, 2.24) is 0 Å². The molecule has 0 unspecified atom stereocenters. The maximum Gasteiger partial charge on any atom is 0.274 e. The van der Waals surface area contributed by atoms with Gasteiger partial charge < -0.3 is 22.3 Å². The SMILES string of the molecule is Cc1cc[n+](CCC(=O)Nc2cccc([N+](=O)[O-])c2C)cc1.[Br-]. The van der Waals surface area contributed by atoms with E-state index < -0.39 is 4.92 Å². The predicted molar refractivity (Wildman–Crippen MR) is 82.5 cm³/mol. The van der Waals surface area contributed by atoms with Gasteiger partial charge in [-0.1, -0.05) is 6.07 Å². The molecule has 0 aliphatic carbocycles. The minimum absolute atomic E-state index is 0. The number of rotatable bonds is 5. The third-order valence-electron chi connectivity index (χ3n) is 3.43. The molecule has 0 aliphatic rings. The molecule has 1 N–H and O–H groups in total. The van der Waals surface area contributed by atoms with Crippen LogP contribution < -0.4 is 26.9 Å². The fourth-order valence-corrected chi connectivity index (χ4v) is 2.08. The van der Waals surface area contributed by atoms with Gasteiger partial charge >= 0.3 is 0 Å². The zero-order valence-corrected chi connectivity index (χ0v) is 14.5. The highest BCUT2D eigenvalue weighted by Crippen LogP contribution is 2.24. The van der Waals surface area contributed by atoms with E-state index in [1.165, 1.54) is 6.07 Å². The van der Waals surface area contributed by atoms with Crippen molar-refractivity contribution in [3.8, 4) is 0 Å². The minimum atomic E-state index is -0.451. The number of carbonyl (C=O) groups excluding carboxylic acids is 1. The van der Waals surface area contributed by atoms with Gasteiger partial charge in [0.1, 0.15) is 0 Å². The second kappa shape index (κ2) is 8.38. The van der Waals surface area contributed by atoms with Crippen molar-refractivity contribution in [2.75, 3.05) is 5.32 Å². The summed E-state index contributed by atoms with van der Waals surface area (Å²) in [6.07, 6.45) is 4.14. The average molecular weight is 380 g/mol. The molecular formula is C16H18BrN3O3. The predicted octanol–water partition coefficient (Wildman–Crippen LogP) is -0.468. The number of nitrogens with one attached hydrogen (secondary N) is 1. The van der Waals surface area contributed by atoms with Crippen LogP contribution in [0, 0.1) is 24.0 Å². The number of anilines is 1. The number of amides is 1. The van der Waals surface area contributed by atoms with E-state index in [0.29, 0.717) is 24.2 Å². The number of nitro groups is 1. The first-order valence-electron chi connectivity index (χ1n) is 6.97. The maximum atomic E-state index is 12.0. The van der Waals surface area contributed by atoms with E-state index in [0.717, 1.165) is 5.56 Å². The van der Waals surface area contributed by atoms with E-state index in [9.17, 15) is 14.9 Å². The fraction of sp³-hybridized carbons (Fsp3) is 0.250. The van der Waals surface area contributed by atoms with Crippen LogP contribution in [0.15, 0.2) is 42.7 Å². The number of nitrogens with zero attached hydrogens (tertiary/aromatic N) is 2. The molecule has 0 fully saturated rings. The molecule has 1 aromatic carbocycles.